The molecule has 0 spiro atoms. The largest absolute Gasteiger partial charge is 0.451 e. The third-order valence-corrected chi connectivity index (χ3v) is 3.66. The zero-order valence-corrected chi connectivity index (χ0v) is 13.8. The predicted octanol–water partition coefficient (Wildman–Crippen LogP) is 0.588. The van der Waals surface area contributed by atoms with Gasteiger partial charge >= 0.3 is 11.7 Å². The van der Waals surface area contributed by atoms with Crippen LogP contribution in [0.1, 0.15) is 6.92 Å². The van der Waals surface area contributed by atoms with Crippen LogP contribution in [0.5, 0.6) is 0 Å². The van der Waals surface area contributed by atoms with Crippen molar-refractivity contribution in [3.05, 3.63) is 63.4 Å². The number of hydrogen-bond donors (Lipinski definition) is 3. The molecule has 0 saturated heterocycles. The zero-order valence-electron chi connectivity index (χ0n) is 13.8. The van der Waals surface area contributed by atoms with Crippen molar-refractivity contribution in [2.45, 2.75) is 19.6 Å². The van der Waals surface area contributed by atoms with Gasteiger partial charge in [0, 0.05) is 18.0 Å². The maximum atomic E-state index is 12.2. The van der Waals surface area contributed by atoms with Gasteiger partial charge < -0.3 is 24.6 Å². The molecule has 0 unspecified atom stereocenters. The van der Waals surface area contributed by atoms with Crippen molar-refractivity contribution in [3.63, 3.8) is 0 Å². The minimum Gasteiger partial charge on any atom is -0.451 e. The minimum absolute atomic E-state index is 0.284. The van der Waals surface area contributed by atoms with Gasteiger partial charge in [0.1, 0.15) is 6.54 Å². The molecule has 26 heavy (non-hydrogen) atoms. The number of H-pyrrole nitrogens is 2. The molecule has 2 aromatic heterocycles. The molecule has 3 aromatic rings. The summed E-state index contributed by atoms with van der Waals surface area (Å²) < 4.78 is 6.24. The fourth-order valence-electron chi connectivity index (χ4n) is 2.37. The van der Waals surface area contributed by atoms with E-state index >= 15 is 0 Å². The molecule has 1 aromatic carbocycles. The second-order valence-electron chi connectivity index (χ2n) is 5.63. The Bertz CT molecular complexity index is 1080. The topological polar surface area (TPSA) is 126 Å². The van der Waals surface area contributed by atoms with Gasteiger partial charge in [-0.1, -0.05) is 6.07 Å². The molecule has 0 aliphatic rings. The van der Waals surface area contributed by atoms with E-state index in [1.54, 1.807) is 30.3 Å². The molecular formula is C17H16N4O5. The number of nitrogens with one attached hydrogen (secondary N) is 3. The van der Waals surface area contributed by atoms with Crippen LogP contribution in [0.25, 0.3) is 11.0 Å². The molecule has 0 aliphatic carbocycles. The summed E-state index contributed by atoms with van der Waals surface area (Å²) in [6.07, 6.45) is 0.407. The number of carbonyl (C=O) groups is 2. The smallest absolute Gasteiger partial charge is 0.326 e. The van der Waals surface area contributed by atoms with Crippen molar-refractivity contribution in [2.75, 3.05) is 5.32 Å². The first-order valence-electron chi connectivity index (χ1n) is 7.80. The molecule has 0 aliphatic heterocycles. The summed E-state index contributed by atoms with van der Waals surface area (Å²) in [5.41, 5.74) is 0.916. The fraction of sp³-hybridized carbons (Fsp3) is 0.176. The third kappa shape index (κ3) is 3.89. The number of fused-ring (bicyclic) bond motifs is 1. The lowest BCUT2D eigenvalue weighted by Crippen LogP contribution is -2.32. The van der Waals surface area contributed by atoms with Crippen molar-refractivity contribution >= 4 is 28.6 Å². The van der Waals surface area contributed by atoms with E-state index in [9.17, 15) is 19.2 Å². The number of hydrogen-bond acceptors (Lipinski definition) is 5. The quantitative estimate of drug-likeness (QED) is 0.577. The Morgan fingerprint density at radius 1 is 1.15 bits per heavy atom. The highest BCUT2D eigenvalue weighted by Crippen LogP contribution is 2.15. The van der Waals surface area contributed by atoms with Crippen LogP contribution < -0.4 is 16.6 Å². The second kappa shape index (κ2) is 7.09. The number of esters is 1. The lowest BCUT2D eigenvalue weighted by atomic mass is 10.2. The van der Waals surface area contributed by atoms with Gasteiger partial charge in [-0.25, -0.2) is 4.79 Å². The molecule has 2 heterocycles. The van der Waals surface area contributed by atoms with E-state index in [1.165, 1.54) is 23.8 Å². The van der Waals surface area contributed by atoms with Crippen molar-refractivity contribution in [1.29, 1.82) is 0 Å². The maximum absolute atomic E-state index is 12.2. The van der Waals surface area contributed by atoms with Crippen LogP contribution >= 0.6 is 0 Å². The average molecular weight is 356 g/mol. The number of rotatable bonds is 5. The van der Waals surface area contributed by atoms with Gasteiger partial charge in [-0.2, -0.15) is 0 Å². The number of nitrogens with zero attached hydrogens (tertiary/aromatic N) is 1. The molecule has 0 saturated carbocycles. The first-order valence-corrected chi connectivity index (χ1v) is 7.80. The SMILES string of the molecule is C[C@H](OC(=O)Cn1ccccc1=O)C(=O)Nc1ccc2[nH]c(=O)[nH]c2c1. The van der Waals surface area contributed by atoms with Gasteiger partial charge in [0.2, 0.25) is 0 Å². The molecule has 3 N–H and O–H groups in total. The summed E-state index contributed by atoms with van der Waals surface area (Å²) >= 11 is 0. The Morgan fingerprint density at radius 2 is 1.92 bits per heavy atom. The third-order valence-electron chi connectivity index (χ3n) is 3.66. The summed E-state index contributed by atoms with van der Waals surface area (Å²) in [5.74, 6) is -1.23. The summed E-state index contributed by atoms with van der Waals surface area (Å²) in [6, 6.07) is 9.35. The molecule has 9 heteroatoms. The first kappa shape index (κ1) is 17.2. The fourth-order valence-corrected chi connectivity index (χ4v) is 2.37. The van der Waals surface area contributed by atoms with E-state index in [2.05, 4.69) is 15.3 Å². The van der Waals surface area contributed by atoms with E-state index in [-0.39, 0.29) is 17.8 Å². The number of ether oxygens (including phenoxy) is 1. The normalized spacial score (nSPS) is 11.9. The highest BCUT2D eigenvalue weighted by molar-refractivity contribution is 5.96. The monoisotopic (exact) mass is 356 g/mol. The highest BCUT2D eigenvalue weighted by atomic mass is 16.5. The molecule has 0 radical (unpaired) electrons. The lowest BCUT2D eigenvalue weighted by molar-refractivity contribution is -0.153. The summed E-state index contributed by atoms with van der Waals surface area (Å²) in [5, 5.41) is 2.60. The Kier molecular flexibility index (Phi) is 4.70. The van der Waals surface area contributed by atoms with Crippen LogP contribution in [0.15, 0.2) is 52.2 Å². The van der Waals surface area contributed by atoms with E-state index in [0.717, 1.165) is 0 Å². The molecule has 0 bridgehead atoms. The number of aromatic amines is 2. The van der Waals surface area contributed by atoms with Crippen LogP contribution in [-0.4, -0.2) is 32.5 Å². The molecule has 1 atom stereocenters. The molecular weight excluding hydrogens is 340 g/mol. The minimum atomic E-state index is -1.05. The van der Waals surface area contributed by atoms with Crippen LogP contribution in [0, 0.1) is 0 Å². The number of aromatic nitrogens is 3. The Hall–Kier alpha value is -3.62. The molecule has 134 valence electrons. The number of amides is 1. The van der Waals surface area contributed by atoms with Crippen LogP contribution in [-0.2, 0) is 20.9 Å². The number of pyridine rings is 1. The molecule has 0 fully saturated rings. The van der Waals surface area contributed by atoms with Crippen molar-refractivity contribution in [2.24, 2.45) is 0 Å². The van der Waals surface area contributed by atoms with E-state index in [1.807, 2.05) is 0 Å². The standard InChI is InChI=1S/C17H16N4O5/c1-10(26-15(23)9-21-7-3-2-4-14(21)22)16(24)18-11-5-6-12-13(8-11)20-17(25)19-12/h2-8,10H,9H2,1H3,(H,18,24)(H2,19,20,25)/t10-/m0/s1. The van der Waals surface area contributed by atoms with Gasteiger partial charge in [-0.3, -0.25) is 14.4 Å². The molecule has 9 nitrogen and oxygen atoms in total. The van der Waals surface area contributed by atoms with Crippen molar-refractivity contribution in [3.8, 4) is 0 Å². The van der Waals surface area contributed by atoms with Crippen molar-refractivity contribution in [1.82, 2.24) is 14.5 Å². The predicted molar refractivity (Wildman–Crippen MR) is 93.8 cm³/mol. The maximum Gasteiger partial charge on any atom is 0.326 e. The Balaban J connectivity index is 1.61. The lowest BCUT2D eigenvalue weighted by Gasteiger charge is -2.14. The molecule has 1 amide bonds. The summed E-state index contributed by atoms with van der Waals surface area (Å²) in [7, 11) is 0. The van der Waals surface area contributed by atoms with Crippen LogP contribution in [0.3, 0.4) is 0 Å². The Morgan fingerprint density at radius 3 is 2.69 bits per heavy atom. The number of imidazole rings is 1. The Labute approximate surface area is 146 Å². The summed E-state index contributed by atoms with van der Waals surface area (Å²) in [4.78, 5) is 52.1. The van der Waals surface area contributed by atoms with E-state index in [4.69, 9.17) is 4.74 Å². The zero-order chi connectivity index (χ0) is 18.7. The van der Waals surface area contributed by atoms with Gasteiger partial charge in [-0.15, -0.1) is 0 Å². The van der Waals surface area contributed by atoms with Crippen LogP contribution in [0.2, 0.25) is 0 Å². The average Bonchev–Trinajstić information content (AvgIpc) is 2.96. The van der Waals surface area contributed by atoms with Gasteiger partial charge in [0.05, 0.1) is 11.0 Å². The second-order valence-corrected chi connectivity index (χ2v) is 5.63. The number of anilines is 1. The van der Waals surface area contributed by atoms with Gasteiger partial charge in [-0.05, 0) is 31.2 Å². The highest BCUT2D eigenvalue weighted by Gasteiger charge is 2.18. The number of carbonyl (C=O) groups excluding carboxylic acids is 2. The molecule has 3 rings (SSSR count). The number of benzene rings is 1. The summed E-state index contributed by atoms with van der Waals surface area (Å²) in [6.45, 7) is 1.14. The van der Waals surface area contributed by atoms with Gasteiger partial charge in [0.15, 0.2) is 6.10 Å². The van der Waals surface area contributed by atoms with E-state index in [0.29, 0.717) is 16.7 Å². The first-order chi connectivity index (χ1) is 12.4. The van der Waals surface area contributed by atoms with Gasteiger partial charge in [0.25, 0.3) is 11.5 Å². The van der Waals surface area contributed by atoms with E-state index < -0.39 is 18.0 Å². The van der Waals surface area contributed by atoms with Crippen LogP contribution in [0.4, 0.5) is 5.69 Å². The van der Waals surface area contributed by atoms with Crippen molar-refractivity contribution < 1.29 is 14.3 Å².